The molecule has 0 fully saturated rings. The van der Waals surface area contributed by atoms with Gasteiger partial charge in [0.2, 0.25) is 5.91 Å². The van der Waals surface area contributed by atoms with Crippen LogP contribution in [0.5, 0.6) is 0 Å². The fourth-order valence-corrected chi connectivity index (χ4v) is 12.5. The molecule has 3 N–H and O–H groups in total. The number of aliphatic hydroxyl groups excluding tert-OH is 2. The zero-order valence-electron chi connectivity index (χ0n) is 56.7. The van der Waals surface area contributed by atoms with E-state index < -0.39 is 12.1 Å². The maximum atomic E-state index is 12.6. The highest BCUT2D eigenvalue weighted by molar-refractivity contribution is 5.76. The van der Waals surface area contributed by atoms with E-state index >= 15 is 0 Å². The molecular weight excluding hydrogens is 1020 g/mol. The van der Waals surface area contributed by atoms with Crippen LogP contribution < -0.4 is 5.32 Å². The summed E-state index contributed by atoms with van der Waals surface area (Å²) in [6.07, 6.45) is 91.5. The Hall–Kier alpha value is -1.40. The smallest absolute Gasteiger partial charge is 0.305 e. The summed E-state index contributed by atoms with van der Waals surface area (Å²) in [5.74, 6) is -0.00664. The highest BCUT2D eigenvalue weighted by Gasteiger charge is 2.20. The minimum atomic E-state index is -0.663. The third-order valence-electron chi connectivity index (χ3n) is 18.3. The summed E-state index contributed by atoms with van der Waals surface area (Å²) in [6, 6.07) is -0.540. The van der Waals surface area contributed by atoms with Crippen LogP contribution in [-0.4, -0.2) is 47.4 Å². The summed E-state index contributed by atoms with van der Waals surface area (Å²) in [5, 5.41) is 23.5. The number of rotatable bonds is 73. The number of unbranched alkanes of at least 4 members (excludes halogenated alkanes) is 60. The van der Waals surface area contributed by atoms with Gasteiger partial charge in [0.15, 0.2) is 0 Å². The second kappa shape index (κ2) is 73.1. The number of allylic oxidation sites excluding steroid dienone is 2. The first-order valence-corrected chi connectivity index (χ1v) is 38.4. The molecule has 2 atom stereocenters. The lowest BCUT2D eigenvalue weighted by molar-refractivity contribution is -0.143. The fraction of sp³-hybridized carbons (Fsp3) is 0.948. The van der Waals surface area contributed by atoms with E-state index in [2.05, 4.69) is 31.3 Å². The number of carbonyl (C=O) groups is 2. The number of aliphatic hydroxyl groups is 2. The molecule has 0 spiro atoms. The quantitative estimate of drug-likeness (QED) is 0.0320. The summed E-state index contributed by atoms with van der Waals surface area (Å²) >= 11 is 0. The van der Waals surface area contributed by atoms with Gasteiger partial charge in [-0.2, -0.15) is 0 Å². The molecule has 0 aliphatic heterocycles. The summed E-state index contributed by atoms with van der Waals surface area (Å²) in [7, 11) is 0. The zero-order valence-corrected chi connectivity index (χ0v) is 56.7. The van der Waals surface area contributed by atoms with Crippen molar-refractivity contribution in [1.29, 1.82) is 0 Å². The van der Waals surface area contributed by atoms with Crippen molar-refractivity contribution in [3.05, 3.63) is 12.2 Å². The molecule has 0 radical (unpaired) electrons. The number of ether oxygens (including phenoxy) is 1. The zero-order chi connectivity index (χ0) is 59.9. The number of esters is 1. The van der Waals surface area contributed by atoms with Crippen molar-refractivity contribution >= 4 is 11.9 Å². The normalized spacial score (nSPS) is 12.5. The number of nitrogens with one attached hydrogen (secondary N) is 1. The minimum Gasteiger partial charge on any atom is -0.466 e. The Bertz CT molecular complexity index is 1260. The van der Waals surface area contributed by atoms with Gasteiger partial charge in [-0.05, 0) is 51.4 Å². The Morgan fingerprint density at radius 2 is 0.566 bits per heavy atom. The molecule has 0 saturated carbocycles. The fourth-order valence-electron chi connectivity index (χ4n) is 12.5. The topological polar surface area (TPSA) is 95.9 Å². The largest absolute Gasteiger partial charge is 0.466 e. The monoisotopic (exact) mass is 1170 g/mol. The summed E-state index contributed by atoms with van der Waals surface area (Å²) in [4.78, 5) is 24.6. The van der Waals surface area contributed by atoms with E-state index in [0.717, 1.165) is 38.5 Å². The van der Waals surface area contributed by atoms with E-state index in [9.17, 15) is 19.8 Å². The molecule has 0 heterocycles. The lowest BCUT2D eigenvalue weighted by Gasteiger charge is -2.22. The van der Waals surface area contributed by atoms with Crippen LogP contribution in [0.25, 0.3) is 0 Å². The average molecular weight is 1170 g/mol. The van der Waals surface area contributed by atoms with Crippen molar-refractivity contribution in [2.45, 2.75) is 456 Å². The van der Waals surface area contributed by atoms with Gasteiger partial charge in [0.25, 0.3) is 0 Å². The molecule has 0 bridgehead atoms. The van der Waals surface area contributed by atoms with Gasteiger partial charge < -0.3 is 20.3 Å². The van der Waals surface area contributed by atoms with Crippen LogP contribution in [0.4, 0.5) is 0 Å². The van der Waals surface area contributed by atoms with Gasteiger partial charge in [-0.15, -0.1) is 0 Å². The molecule has 83 heavy (non-hydrogen) atoms. The predicted octanol–water partition coefficient (Wildman–Crippen LogP) is 25.1. The molecule has 0 saturated heterocycles. The molecule has 1 amide bonds. The molecule has 0 aromatic rings. The molecule has 0 aliphatic carbocycles. The van der Waals surface area contributed by atoms with Crippen molar-refractivity contribution in [1.82, 2.24) is 5.32 Å². The van der Waals surface area contributed by atoms with Gasteiger partial charge in [-0.3, -0.25) is 9.59 Å². The van der Waals surface area contributed by atoms with Gasteiger partial charge in [0, 0.05) is 12.8 Å². The first-order valence-electron chi connectivity index (χ1n) is 38.4. The molecule has 0 rings (SSSR count). The van der Waals surface area contributed by atoms with Crippen LogP contribution in [0.15, 0.2) is 12.2 Å². The molecule has 6 heteroatoms. The van der Waals surface area contributed by atoms with Crippen LogP contribution in [0.2, 0.25) is 0 Å². The SMILES string of the molecule is CCCCCCCCCCCCCCCCCCCCCCCCC(O)C(CO)NC(=O)CCCCCCCCCCCCCCCCCC/C=C\CCCCCCCCCCCCCCOC(=O)CCCCCCCCCCCCCC. The van der Waals surface area contributed by atoms with Crippen LogP contribution in [0, 0.1) is 0 Å². The Balaban J connectivity index is 3.35. The van der Waals surface area contributed by atoms with Gasteiger partial charge in [-0.25, -0.2) is 0 Å². The Morgan fingerprint density at radius 3 is 0.855 bits per heavy atom. The maximum Gasteiger partial charge on any atom is 0.305 e. The van der Waals surface area contributed by atoms with Crippen LogP contribution in [0.3, 0.4) is 0 Å². The van der Waals surface area contributed by atoms with E-state index in [0.29, 0.717) is 25.9 Å². The summed E-state index contributed by atoms with van der Waals surface area (Å²) in [5.41, 5.74) is 0. The number of amides is 1. The molecule has 494 valence electrons. The number of carbonyl (C=O) groups excluding carboxylic acids is 2. The van der Waals surface area contributed by atoms with Gasteiger partial charge in [0.1, 0.15) is 0 Å². The van der Waals surface area contributed by atoms with Crippen molar-refractivity contribution < 1.29 is 24.5 Å². The van der Waals surface area contributed by atoms with Crippen LogP contribution >= 0.6 is 0 Å². The van der Waals surface area contributed by atoms with E-state index in [4.69, 9.17) is 4.74 Å². The van der Waals surface area contributed by atoms with Gasteiger partial charge in [-0.1, -0.05) is 392 Å². The Kier molecular flexibility index (Phi) is 71.8. The first-order chi connectivity index (χ1) is 41.0. The maximum absolute atomic E-state index is 12.6. The standard InChI is InChI=1S/C77H151NO5/c1-3-5-7-9-11-13-15-17-18-19-20-21-34-37-40-43-46-49-53-57-61-65-69-75(80)74(73-79)78-76(81)70-66-62-58-54-50-47-44-41-38-35-32-30-28-26-24-22-23-25-27-29-31-33-36-39-42-45-48-52-56-60-64-68-72-83-77(82)71-67-63-59-55-51-16-14-12-10-8-6-4-2/h25,27,74-75,79-80H,3-24,26,28-73H2,1-2H3,(H,78,81)/b27-25-. The molecule has 2 unspecified atom stereocenters. The lowest BCUT2D eigenvalue weighted by Crippen LogP contribution is -2.45. The predicted molar refractivity (Wildman–Crippen MR) is 366 cm³/mol. The van der Waals surface area contributed by atoms with Crippen molar-refractivity contribution in [2.75, 3.05) is 13.2 Å². The molecule has 0 aromatic carbocycles. The van der Waals surface area contributed by atoms with Crippen molar-refractivity contribution in [3.8, 4) is 0 Å². The molecule has 0 aromatic heterocycles. The van der Waals surface area contributed by atoms with Gasteiger partial charge >= 0.3 is 5.97 Å². The third-order valence-corrected chi connectivity index (χ3v) is 18.3. The summed E-state index contributed by atoms with van der Waals surface area (Å²) in [6.45, 7) is 5.00. The van der Waals surface area contributed by atoms with E-state index in [1.807, 2.05) is 0 Å². The average Bonchev–Trinajstić information content (AvgIpc) is 3.49. The summed E-state index contributed by atoms with van der Waals surface area (Å²) < 4.78 is 5.49. The van der Waals surface area contributed by atoms with Crippen LogP contribution in [0.1, 0.15) is 444 Å². The Labute approximate surface area is 520 Å². The highest BCUT2D eigenvalue weighted by Crippen LogP contribution is 2.20. The molecule has 0 aliphatic rings. The van der Waals surface area contributed by atoms with Crippen molar-refractivity contribution in [3.63, 3.8) is 0 Å². The van der Waals surface area contributed by atoms with E-state index in [-0.39, 0.29) is 18.5 Å². The number of hydrogen-bond acceptors (Lipinski definition) is 5. The Morgan fingerprint density at radius 1 is 0.325 bits per heavy atom. The first kappa shape index (κ1) is 81.6. The van der Waals surface area contributed by atoms with E-state index in [1.165, 1.54) is 372 Å². The molecule has 6 nitrogen and oxygen atoms in total. The lowest BCUT2D eigenvalue weighted by atomic mass is 10.0. The second-order valence-electron chi connectivity index (χ2n) is 26.7. The van der Waals surface area contributed by atoms with Crippen molar-refractivity contribution in [2.24, 2.45) is 0 Å². The minimum absolute atomic E-state index is 0.0200. The highest BCUT2D eigenvalue weighted by atomic mass is 16.5. The number of hydrogen-bond donors (Lipinski definition) is 3. The van der Waals surface area contributed by atoms with Crippen LogP contribution in [-0.2, 0) is 14.3 Å². The second-order valence-corrected chi connectivity index (χ2v) is 26.7. The van der Waals surface area contributed by atoms with E-state index in [1.54, 1.807) is 0 Å². The third kappa shape index (κ3) is 69.6. The molecular formula is C77H151NO5. The van der Waals surface area contributed by atoms with Gasteiger partial charge in [0.05, 0.1) is 25.4 Å².